The fraction of sp³-hybridized carbons (Fsp3) is 0.429. The van der Waals surface area contributed by atoms with Gasteiger partial charge in [0.2, 0.25) is 0 Å². The van der Waals surface area contributed by atoms with Gasteiger partial charge < -0.3 is 9.84 Å². The first kappa shape index (κ1) is 17.7. The molecular formula is C21H26FNO2. The summed E-state index contributed by atoms with van der Waals surface area (Å²) in [4.78, 5) is 2.35. The van der Waals surface area contributed by atoms with Gasteiger partial charge in [0.1, 0.15) is 5.82 Å². The molecule has 0 radical (unpaired) electrons. The quantitative estimate of drug-likeness (QED) is 0.825. The molecule has 0 aliphatic carbocycles. The Labute approximate surface area is 149 Å². The first-order valence-electron chi connectivity index (χ1n) is 9.12. The molecule has 1 aliphatic heterocycles. The van der Waals surface area contributed by atoms with Gasteiger partial charge in [-0.25, -0.2) is 4.39 Å². The first-order chi connectivity index (χ1) is 12.2. The molecule has 1 atom stereocenters. The number of likely N-dealkylation sites (tertiary alicyclic amines) is 1. The highest BCUT2D eigenvalue weighted by atomic mass is 19.1. The van der Waals surface area contributed by atoms with Crippen LogP contribution in [0.5, 0.6) is 11.5 Å². The average Bonchev–Trinajstić information content (AvgIpc) is 2.84. The Morgan fingerprint density at radius 1 is 1.16 bits per heavy atom. The Hall–Kier alpha value is -2.07. The summed E-state index contributed by atoms with van der Waals surface area (Å²) in [7, 11) is 0. The Balaban J connectivity index is 1.86. The topological polar surface area (TPSA) is 32.7 Å². The lowest BCUT2D eigenvalue weighted by molar-refractivity contribution is 0.189. The minimum absolute atomic E-state index is 0.174. The predicted octanol–water partition coefficient (Wildman–Crippen LogP) is 5.05. The molecule has 0 spiro atoms. The van der Waals surface area contributed by atoms with Crippen LogP contribution in [0.4, 0.5) is 4.39 Å². The lowest BCUT2D eigenvalue weighted by Crippen LogP contribution is -2.28. The van der Waals surface area contributed by atoms with Gasteiger partial charge in [0.15, 0.2) is 11.5 Å². The van der Waals surface area contributed by atoms with Gasteiger partial charge in [0, 0.05) is 18.2 Å². The molecule has 0 aromatic heterocycles. The molecule has 1 heterocycles. The van der Waals surface area contributed by atoms with Crippen molar-refractivity contribution in [3.63, 3.8) is 0 Å². The molecule has 0 bridgehead atoms. The summed E-state index contributed by atoms with van der Waals surface area (Å²) in [5.74, 6) is 0.548. The van der Waals surface area contributed by atoms with E-state index in [-0.39, 0.29) is 17.6 Å². The Morgan fingerprint density at radius 3 is 2.80 bits per heavy atom. The van der Waals surface area contributed by atoms with Gasteiger partial charge in [-0.3, -0.25) is 4.90 Å². The van der Waals surface area contributed by atoms with Crippen molar-refractivity contribution in [3.05, 3.63) is 59.4 Å². The van der Waals surface area contributed by atoms with Crippen LogP contribution >= 0.6 is 0 Å². The monoisotopic (exact) mass is 343 g/mol. The highest BCUT2D eigenvalue weighted by Crippen LogP contribution is 2.35. The average molecular weight is 343 g/mol. The van der Waals surface area contributed by atoms with Crippen LogP contribution < -0.4 is 4.74 Å². The number of nitrogens with zero attached hydrogens (tertiary/aromatic N) is 1. The fourth-order valence-electron chi connectivity index (χ4n) is 3.63. The van der Waals surface area contributed by atoms with Crippen molar-refractivity contribution in [1.29, 1.82) is 0 Å². The Bertz CT molecular complexity index is 704. The van der Waals surface area contributed by atoms with Gasteiger partial charge in [-0.15, -0.1) is 0 Å². The highest BCUT2D eigenvalue weighted by Gasteiger charge is 2.24. The van der Waals surface area contributed by atoms with Crippen molar-refractivity contribution in [2.45, 2.75) is 45.2 Å². The van der Waals surface area contributed by atoms with E-state index in [1.54, 1.807) is 18.2 Å². The molecule has 1 N–H and O–H groups in total. The fourth-order valence-corrected chi connectivity index (χ4v) is 3.63. The number of ether oxygens (including phenoxy) is 1. The third kappa shape index (κ3) is 4.31. The predicted molar refractivity (Wildman–Crippen MR) is 97.3 cm³/mol. The summed E-state index contributed by atoms with van der Waals surface area (Å²) in [5.41, 5.74) is 1.87. The van der Waals surface area contributed by atoms with E-state index < -0.39 is 0 Å². The van der Waals surface area contributed by atoms with Crippen LogP contribution in [0, 0.1) is 5.82 Å². The molecule has 0 saturated carbocycles. The number of halogens is 1. The zero-order chi connectivity index (χ0) is 17.6. The van der Waals surface area contributed by atoms with Gasteiger partial charge in [-0.1, -0.05) is 37.1 Å². The summed E-state index contributed by atoms with van der Waals surface area (Å²) in [6.07, 6.45) is 4.46. The number of benzene rings is 2. The normalized spacial score (nSPS) is 18.7. The SMILES string of the molecule is CCOc1cccc(CN2CCCCC[C@H]2c2cccc(F)c2)c1O. The minimum atomic E-state index is -0.192. The Kier molecular flexibility index (Phi) is 5.92. The van der Waals surface area contributed by atoms with Crippen molar-refractivity contribution < 1.29 is 14.2 Å². The number of aromatic hydroxyl groups is 1. The van der Waals surface area contributed by atoms with Crippen LogP contribution in [0.15, 0.2) is 42.5 Å². The number of rotatable bonds is 5. The second-order valence-corrected chi connectivity index (χ2v) is 6.59. The maximum absolute atomic E-state index is 13.7. The number of para-hydroxylation sites is 1. The molecule has 1 saturated heterocycles. The number of phenolic OH excluding ortho intramolecular Hbond substituents is 1. The van der Waals surface area contributed by atoms with Crippen molar-refractivity contribution in [2.75, 3.05) is 13.2 Å². The van der Waals surface area contributed by atoms with E-state index in [1.165, 1.54) is 12.5 Å². The van der Waals surface area contributed by atoms with Crippen LogP contribution in [0.3, 0.4) is 0 Å². The van der Waals surface area contributed by atoms with E-state index in [0.29, 0.717) is 18.9 Å². The lowest BCUT2D eigenvalue weighted by Gasteiger charge is -2.30. The molecule has 134 valence electrons. The third-order valence-corrected chi connectivity index (χ3v) is 4.85. The van der Waals surface area contributed by atoms with E-state index in [2.05, 4.69) is 4.90 Å². The first-order valence-corrected chi connectivity index (χ1v) is 9.12. The number of hydrogen-bond acceptors (Lipinski definition) is 3. The molecule has 0 amide bonds. The molecule has 3 nitrogen and oxygen atoms in total. The minimum Gasteiger partial charge on any atom is -0.504 e. The molecular weight excluding hydrogens is 317 g/mol. The maximum Gasteiger partial charge on any atom is 0.162 e. The number of phenols is 1. The zero-order valence-corrected chi connectivity index (χ0v) is 14.7. The van der Waals surface area contributed by atoms with Crippen LogP contribution in [-0.2, 0) is 6.54 Å². The lowest BCUT2D eigenvalue weighted by atomic mass is 10.00. The van der Waals surface area contributed by atoms with E-state index in [9.17, 15) is 9.50 Å². The highest BCUT2D eigenvalue weighted by molar-refractivity contribution is 5.45. The van der Waals surface area contributed by atoms with Crippen LogP contribution in [0.2, 0.25) is 0 Å². The van der Waals surface area contributed by atoms with Gasteiger partial charge in [-0.2, -0.15) is 0 Å². The summed E-state index contributed by atoms with van der Waals surface area (Å²) in [6.45, 7) is 4.00. The van der Waals surface area contributed by atoms with Gasteiger partial charge in [-0.05, 0) is 50.1 Å². The molecule has 2 aromatic carbocycles. The largest absolute Gasteiger partial charge is 0.504 e. The molecule has 0 unspecified atom stereocenters. The summed E-state index contributed by atoms with van der Waals surface area (Å²) < 4.78 is 19.2. The molecule has 2 aromatic rings. The van der Waals surface area contributed by atoms with Gasteiger partial charge in [0.05, 0.1) is 6.61 Å². The van der Waals surface area contributed by atoms with Crippen LogP contribution in [-0.4, -0.2) is 23.2 Å². The van der Waals surface area contributed by atoms with E-state index in [1.807, 2.05) is 25.1 Å². The number of hydrogen-bond donors (Lipinski definition) is 1. The van der Waals surface area contributed by atoms with E-state index in [4.69, 9.17) is 4.74 Å². The van der Waals surface area contributed by atoms with Crippen molar-refractivity contribution in [2.24, 2.45) is 0 Å². The second kappa shape index (κ2) is 8.34. The standard InChI is InChI=1S/C21H26FNO2/c1-2-25-20-12-7-9-17(21(20)24)15-23-13-5-3-4-11-19(23)16-8-6-10-18(22)14-16/h6-10,12,14,19,24H,2-5,11,13,15H2,1H3/t19-/m0/s1. The van der Waals surface area contributed by atoms with Crippen LogP contribution in [0.1, 0.15) is 49.8 Å². The van der Waals surface area contributed by atoms with Crippen molar-refractivity contribution in [3.8, 4) is 11.5 Å². The van der Waals surface area contributed by atoms with Crippen molar-refractivity contribution in [1.82, 2.24) is 4.90 Å². The maximum atomic E-state index is 13.7. The van der Waals surface area contributed by atoms with Crippen molar-refractivity contribution >= 4 is 0 Å². The molecule has 25 heavy (non-hydrogen) atoms. The third-order valence-electron chi connectivity index (χ3n) is 4.85. The summed E-state index contributed by atoms with van der Waals surface area (Å²) in [5, 5.41) is 10.5. The molecule has 1 aliphatic rings. The van der Waals surface area contributed by atoms with Gasteiger partial charge in [0.25, 0.3) is 0 Å². The van der Waals surface area contributed by atoms with E-state index in [0.717, 1.165) is 36.9 Å². The second-order valence-electron chi connectivity index (χ2n) is 6.59. The molecule has 4 heteroatoms. The van der Waals surface area contributed by atoms with E-state index >= 15 is 0 Å². The van der Waals surface area contributed by atoms with Crippen LogP contribution in [0.25, 0.3) is 0 Å². The van der Waals surface area contributed by atoms with Gasteiger partial charge >= 0.3 is 0 Å². The smallest absolute Gasteiger partial charge is 0.162 e. The summed E-state index contributed by atoms with van der Waals surface area (Å²) >= 11 is 0. The zero-order valence-electron chi connectivity index (χ0n) is 14.7. The molecule has 3 rings (SSSR count). The molecule has 1 fully saturated rings. The summed E-state index contributed by atoms with van der Waals surface area (Å²) in [6, 6.07) is 12.7. The Morgan fingerprint density at radius 2 is 2.00 bits per heavy atom.